The molecule has 1 aromatic carbocycles. The van der Waals surface area contributed by atoms with Gasteiger partial charge in [0.1, 0.15) is 13.2 Å². The molecule has 21 heavy (non-hydrogen) atoms. The Kier molecular flexibility index (Phi) is 5.12. The predicted molar refractivity (Wildman–Crippen MR) is 84.1 cm³/mol. The molecule has 118 valence electrons. The fourth-order valence-corrected chi connectivity index (χ4v) is 2.86. The quantitative estimate of drug-likeness (QED) is 0.905. The van der Waals surface area contributed by atoms with Crippen LogP contribution in [0.3, 0.4) is 0 Å². The Morgan fingerprint density at radius 1 is 1.19 bits per heavy atom. The lowest BCUT2D eigenvalue weighted by atomic mass is 9.82. The molecule has 2 unspecified atom stereocenters. The number of rotatable bonds is 5. The molecule has 4 nitrogen and oxygen atoms in total. The zero-order valence-corrected chi connectivity index (χ0v) is 13.7. The van der Waals surface area contributed by atoms with Crippen molar-refractivity contribution in [1.29, 1.82) is 0 Å². The van der Waals surface area contributed by atoms with E-state index in [1.54, 1.807) is 7.11 Å². The van der Waals surface area contributed by atoms with E-state index in [-0.39, 0.29) is 17.6 Å². The van der Waals surface area contributed by atoms with E-state index in [0.717, 1.165) is 18.0 Å². The highest BCUT2D eigenvalue weighted by atomic mass is 16.6. The maximum absolute atomic E-state index is 5.79. The molecule has 2 rings (SSSR count). The SMILES string of the molecule is CCNC(c1ccc2c(c1)OCCO2)C(OC)C(C)(C)C. The molecule has 4 heteroatoms. The van der Waals surface area contributed by atoms with Gasteiger partial charge in [0.05, 0.1) is 12.1 Å². The van der Waals surface area contributed by atoms with E-state index in [1.165, 1.54) is 5.56 Å². The van der Waals surface area contributed by atoms with Crippen molar-refractivity contribution in [2.45, 2.75) is 39.8 Å². The lowest BCUT2D eigenvalue weighted by molar-refractivity contribution is -0.0116. The van der Waals surface area contributed by atoms with E-state index in [9.17, 15) is 0 Å². The number of benzene rings is 1. The summed E-state index contributed by atoms with van der Waals surface area (Å²) in [7, 11) is 1.78. The predicted octanol–water partition coefficient (Wildman–Crippen LogP) is 3.17. The van der Waals surface area contributed by atoms with Crippen molar-refractivity contribution in [3.63, 3.8) is 0 Å². The van der Waals surface area contributed by atoms with E-state index in [0.29, 0.717) is 13.2 Å². The number of nitrogens with one attached hydrogen (secondary N) is 1. The van der Waals surface area contributed by atoms with E-state index in [1.807, 2.05) is 6.07 Å². The summed E-state index contributed by atoms with van der Waals surface area (Å²) >= 11 is 0. The lowest BCUT2D eigenvalue weighted by Gasteiger charge is -2.37. The van der Waals surface area contributed by atoms with Crippen LogP contribution in [0.4, 0.5) is 0 Å². The first kappa shape index (κ1) is 16.1. The van der Waals surface area contributed by atoms with Crippen LogP contribution in [0.5, 0.6) is 11.5 Å². The molecule has 1 N–H and O–H groups in total. The Labute approximate surface area is 127 Å². The standard InChI is InChI=1S/C17H27NO3/c1-6-18-15(16(19-5)17(2,3)4)12-7-8-13-14(11-12)21-10-9-20-13/h7-8,11,15-16,18H,6,9-10H2,1-5H3. The van der Waals surface area contributed by atoms with Crippen LogP contribution in [0.2, 0.25) is 0 Å². The zero-order chi connectivity index (χ0) is 15.5. The van der Waals surface area contributed by atoms with Crippen LogP contribution >= 0.6 is 0 Å². The third-order valence-corrected chi connectivity index (χ3v) is 3.76. The van der Waals surface area contributed by atoms with Crippen molar-refractivity contribution in [2.75, 3.05) is 26.9 Å². The average molecular weight is 293 g/mol. The number of hydrogen-bond acceptors (Lipinski definition) is 4. The van der Waals surface area contributed by atoms with Gasteiger partial charge in [0.25, 0.3) is 0 Å². The molecule has 0 amide bonds. The topological polar surface area (TPSA) is 39.7 Å². The minimum atomic E-state index is 0.0366. The van der Waals surface area contributed by atoms with E-state index < -0.39 is 0 Å². The second-order valence-corrected chi connectivity index (χ2v) is 6.46. The van der Waals surface area contributed by atoms with Crippen molar-refractivity contribution in [1.82, 2.24) is 5.32 Å². The van der Waals surface area contributed by atoms with Gasteiger partial charge < -0.3 is 19.5 Å². The minimum Gasteiger partial charge on any atom is -0.486 e. The molecule has 2 atom stereocenters. The highest BCUT2D eigenvalue weighted by Gasteiger charge is 2.33. The fraction of sp³-hybridized carbons (Fsp3) is 0.647. The minimum absolute atomic E-state index is 0.0366. The zero-order valence-electron chi connectivity index (χ0n) is 13.7. The van der Waals surface area contributed by atoms with Crippen LogP contribution in [0.25, 0.3) is 0 Å². The summed E-state index contributed by atoms with van der Waals surface area (Å²) in [5, 5.41) is 3.54. The van der Waals surface area contributed by atoms with Gasteiger partial charge in [0.2, 0.25) is 0 Å². The van der Waals surface area contributed by atoms with Crippen molar-refractivity contribution < 1.29 is 14.2 Å². The number of likely N-dealkylation sites (N-methyl/N-ethyl adjacent to an activating group) is 1. The Hall–Kier alpha value is -1.26. The Bertz CT molecular complexity index is 468. The Balaban J connectivity index is 2.33. The van der Waals surface area contributed by atoms with Crippen LogP contribution in [0.1, 0.15) is 39.3 Å². The van der Waals surface area contributed by atoms with Gasteiger partial charge in [0, 0.05) is 7.11 Å². The van der Waals surface area contributed by atoms with Gasteiger partial charge in [-0.05, 0) is 29.7 Å². The summed E-state index contributed by atoms with van der Waals surface area (Å²) < 4.78 is 17.1. The molecule has 1 aliphatic heterocycles. The Morgan fingerprint density at radius 2 is 1.86 bits per heavy atom. The van der Waals surface area contributed by atoms with Gasteiger partial charge >= 0.3 is 0 Å². The maximum atomic E-state index is 5.79. The monoisotopic (exact) mass is 293 g/mol. The summed E-state index contributed by atoms with van der Waals surface area (Å²) in [6.07, 6.45) is 0.0695. The molecule has 0 spiro atoms. The molecule has 0 bridgehead atoms. The molecule has 0 aliphatic carbocycles. The van der Waals surface area contributed by atoms with Gasteiger partial charge in [-0.3, -0.25) is 0 Å². The Morgan fingerprint density at radius 3 is 2.43 bits per heavy atom. The summed E-state index contributed by atoms with van der Waals surface area (Å²) in [5.74, 6) is 1.65. The largest absolute Gasteiger partial charge is 0.486 e. The van der Waals surface area contributed by atoms with Crippen molar-refractivity contribution in [3.05, 3.63) is 23.8 Å². The molecule has 0 saturated heterocycles. The van der Waals surface area contributed by atoms with Gasteiger partial charge in [-0.1, -0.05) is 33.8 Å². The lowest BCUT2D eigenvalue weighted by Crippen LogP contribution is -2.41. The molecular weight excluding hydrogens is 266 g/mol. The average Bonchev–Trinajstić information content (AvgIpc) is 2.45. The molecule has 0 radical (unpaired) electrons. The number of hydrogen-bond donors (Lipinski definition) is 1. The summed E-state index contributed by atoms with van der Waals surface area (Å²) in [4.78, 5) is 0. The van der Waals surface area contributed by atoms with Gasteiger partial charge in [-0.2, -0.15) is 0 Å². The van der Waals surface area contributed by atoms with Gasteiger partial charge in [0.15, 0.2) is 11.5 Å². The van der Waals surface area contributed by atoms with Crippen LogP contribution in [0.15, 0.2) is 18.2 Å². The van der Waals surface area contributed by atoms with Crippen molar-refractivity contribution in [2.24, 2.45) is 5.41 Å². The van der Waals surface area contributed by atoms with Crippen LogP contribution in [0, 0.1) is 5.41 Å². The molecule has 1 aromatic rings. The van der Waals surface area contributed by atoms with Gasteiger partial charge in [-0.25, -0.2) is 0 Å². The summed E-state index contributed by atoms with van der Waals surface area (Å²) in [6, 6.07) is 6.28. The molecule has 0 saturated carbocycles. The molecular formula is C17H27NO3. The maximum Gasteiger partial charge on any atom is 0.161 e. The van der Waals surface area contributed by atoms with Crippen LogP contribution < -0.4 is 14.8 Å². The second-order valence-electron chi connectivity index (χ2n) is 6.46. The first-order valence-corrected chi connectivity index (χ1v) is 7.63. The van der Waals surface area contributed by atoms with Gasteiger partial charge in [-0.15, -0.1) is 0 Å². The molecule has 0 aromatic heterocycles. The molecule has 1 heterocycles. The number of methoxy groups -OCH3 is 1. The second kappa shape index (κ2) is 6.67. The molecule has 1 aliphatic rings. The summed E-state index contributed by atoms with van der Waals surface area (Å²) in [5.41, 5.74) is 1.21. The fourth-order valence-electron chi connectivity index (χ4n) is 2.86. The van der Waals surface area contributed by atoms with Crippen molar-refractivity contribution >= 4 is 0 Å². The van der Waals surface area contributed by atoms with Crippen LogP contribution in [-0.4, -0.2) is 33.0 Å². The molecule has 0 fully saturated rings. The third-order valence-electron chi connectivity index (χ3n) is 3.76. The highest BCUT2D eigenvalue weighted by molar-refractivity contribution is 5.45. The first-order chi connectivity index (χ1) is 9.97. The van der Waals surface area contributed by atoms with Crippen LogP contribution in [-0.2, 0) is 4.74 Å². The first-order valence-electron chi connectivity index (χ1n) is 7.63. The number of fused-ring (bicyclic) bond motifs is 1. The highest BCUT2D eigenvalue weighted by Crippen LogP contribution is 2.37. The third kappa shape index (κ3) is 3.69. The normalized spacial score (nSPS) is 17.4. The van der Waals surface area contributed by atoms with E-state index in [4.69, 9.17) is 14.2 Å². The smallest absolute Gasteiger partial charge is 0.161 e. The van der Waals surface area contributed by atoms with Crippen molar-refractivity contribution in [3.8, 4) is 11.5 Å². The van der Waals surface area contributed by atoms with E-state index in [2.05, 4.69) is 45.1 Å². The summed E-state index contributed by atoms with van der Waals surface area (Å²) in [6.45, 7) is 10.8. The van der Waals surface area contributed by atoms with E-state index >= 15 is 0 Å². The number of ether oxygens (including phenoxy) is 3.